The number of benzene rings is 3. The Morgan fingerprint density at radius 2 is 1.59 bits per heavy atom. The van der Waals surface area contributed by atoms with Gasteiger partial charge in [-0.05, 0) is 94.8 Å². The largest absolute Gasteiger partial charge is 0.389 e. The molecular formula is C37H36N8O3S. The van der Waals surface area contributed by atoms with Crippen LogP contribution in [0.15, 0.2) is 102 Å². The summed E-state index contributed by atoms with van der Waals surface area (Å²) in [5.41, 5.74) is 5.80. The lowest BCUT2D eigenvalue weighted by atomic mass is 9.98. The molecule has 3 aromatic carbocycles. The highest BCUT2D eigenvalue weighted by atomic mass is 32.2. The summed E-state index contributed by atoms with van der Waals surface area (Å²) in [7, 11) is -3.90. The van der Waals surface area contributed by atoms with Gasteiger partial charge in [0.2, 0.25) is 0 Å². The van der Waals surface area contributed by atoms with Crippen molar-refractivity contribution >= 4 is 48.9 Å². The van der Waals surface area contributed by atoms with E-state index < -0.39 is 15.6 Å². The van der Waals surface area contributed by atoms with Crippen molar-refractivity contribution in [2.75, 3.05) is 10.0 Å². The molecule has 0 bridgehead atoms. The van der Waals surface area contributed by atoms with E-state index in [-0.39, 0.29) is 4.90 Å². The van der Waals surface area contributed by atoms with Gasteiger partial charge in [-0.2, -0.15) is 10.2 Å². The molecule has 0 radical (unpaired) electrons. The smallest absolute Gasteiger partial charge is 0.265 e. The highest BCUT2D eigenvalue weighted by molar-refractivity contribution is 7.92. The number of nitrogens with one attached hydrogen (secondary N) is 2. The van der Waals surface area contributed by atoms with Crippen molar-refractivity contribution in [1.29, 1.82) is 0 Å². The van der Waals surface area contributed by atoms with Gasteiger partial charge in [-0.25, -0.2) is 18.1 Å². The molecular weight excluding hydrogens is 637 g/mol. The van der Waals surface area contributed by atoms with Crippen molar-refractivity contribution in [1.82, 2.24) is 29.5 Å². The van der Waals surface area contributed by atoms with E-state index in [9.17, 15) is 13.5 Å². The monoisotopic (exact) mass is 672 g/mol. The van der Waals surface area contributed by atoms with Gasteiger partial charge in [0.1, 0.15) is 10.7 Å². The second kappa shape index (κ2) is 12.1. The van der Waals surface area contributed by atoms with Crippen LogP contribution >= 0.6 is 0 Å². The quantitative estimate of drug-likeness (QED) is 0.148. The number of para-hydroxylation sites is 1. The van der Waals surface area contributed by atoms with Gasteiger partial charge in [0.15, 0.2) is 0 Å². The second-order valence-electron chi connectivity index (χ2n) is 12.8. The molecule has 4 aromatic heterocycles. The number of nitrogens with zero attached hydrogens (tertiary/aromatic N) is 6. The van der Waals surface area contributed by atoms with Gasteiger partial charge in [0, 0.05) is 45.5 Å². The maximum atomic E-state index is 13.5. The van der Waals surface area contributed by atoms with Crippen LogP contribution < -0.4 is 10.0 Å². The van der Waals surface area contributed by atoms with Crippen molar-refractivity contribution in [3.05, 3.63) is 114 Å². The molecule has 0 aliphatic carbocycles. The minimum atomic E-state index is -3.90. The van der Waals surface area contributed by atoms with Crippen molar-refractivity contribution < 1.29 is 13.5 Å². The lowest BCUT2D eigenvalue weighted by Crippen LogP contribution is -2.26. The average molecular weight is 673 g/mol. The third kappa shape index (κ3) is 6.23. The highest BCUT2D eigenvalue weighted by Gasteiger charge is 2.25. The topological polar surface area (TPSA) is 140 Å². The van der Waals surface area contributed by atoms with Gasteiger partial charge in [0.05, 0.1) is 46.6 Å². The van der Waals surface area contributed by atoms with Crippen molar-refractivity contribution in [2.24, 2.45) is 0 Å². The second-order valence-corrected chi connectivity index (χ2v) is 14.4. The van der Waals surface area contributed by atoms with Crippen LogP contribution in [0.25, 0.3) is 38.6 Å². The van der Waals surface area contributed by atoms with Gasteiger partial charge >= 0.3 is 0 Å². The van der Waals surface area contributed by atoms with E-state index in [1.165, 1.54) is 0 Å². The first-order valence-corrected chi connectivity index (χ1v) is 17.3. The Kier molecular flexibility index (Phi) is 7.92. The number of aromatic nitrogens is 6. The minimum Gasteiger partial charge on any atom is -0.389 e. The van der Waals surface area contributed by atoms with Crippen LogP contribution in [0, 0.1) is 20.8 Å². The van der Waals surface area contributed by atoms with Crippen LogP contribution in [-0.4, -0.2) is 48.7 Å². The Morgan fingerprint density at radius 3 is 2.33 bits per heavy atom. The summed E-state index contributed by atoms with van der Waals surface area (Å²) >= 11 is 0. The zero-order chi connectivity index (χ0) is 34.5. The van der Waals surface area contributed by atoms with Crippen LogP contribution in [0.1, 0.15) is 30.8 Å². The molecule has 7 rings (SSSR count). The molecule has 4 heterocycles. The number of pyridine rings is 2. The molecule has 12 heteroatoms. The Balaban J connectivity index is 1.13. The van der Waals surface area contributed by atoms with E-state index in [0.717, 1.165) is 49.9 Å². The molecule has 3 N–H and O–H groups in total. The fourth-order valence-corrected chi connectivity index (χ4v) is 7.66. The Labute approximate surface area is 284 Å². The van der Waals surface area contributed by atoms with Gasteiger partial charge in [-0.15, -0.1) is 0 Å². The van der Waals surface area contributed by atoms with E-state index in [0.29, 0.717) is 29.4 Å². The molecule has 248 valence electrons. The molecule has 0 fully saturated rings. The van der Waals surface area contributed by atoms with E-state index >= 15 is 0 Å². The fraction of sp³-hybridized carbons (Fsp3) is 0.189. The number of aryl methyl sites for hydroxylation is 2. The summed E-state index contributed by atoms with van der Waals surface area (Å²) in [5.74, 6) is 0.617. The van der Waals surface area contributed by atoms with Gasteiger partial charge < -0.3 is 10.4 Å². The summed E-state index contributed by atoms with van der Waals surface area (Å²) in [6, 6.07) is 24.4. The predicted molar refractivity (Wildman–Crippen MR) is 193 cm³/mol. The molecule has 0 spiro atoms. The minimum absolute atomic E-state index is 0.153. The summed E-state index contributed by atoms with van der Waals surface area (Å²) in [4.78, 5) is 9.54. The molecule has 0 saturated carbocycles. The first-order chi connectivity index (χ1) is 23.4. The maximum absolute atomic E-state index is 13.5. The van der Waals surface area contributed by atoms with Gasteiger partial charge in [-0.3, -0.25) is 14.4 Å². The number of anilines is 3. The van der Waals surface area contributed by atoms with Crippen LogP contribution in [0.2, 0.25) is 0 Å². The first-order valence-electron chi connectivity index (χ1n) is 15.8. The maximum Gasteiger partial charge on any atom is 0.265 e. The Hall–Kier alpha value is -5.59. The van der Waals surface area contributed by atoms with Crippen molar-refractivity contribution in [3.63, 3.8) is 0 Å². The van der Waals surface area contributed by atoms with Crippen molar-refractivity contribution in [3.8, 4) is 16.9 Å². The van der Waals surface area contributed by atoms with Crippen LogP contribution in [0.4, 0.5) is 17.2 Å². The number of sulfonamides is 1. The molecule has 11 nitrogen and oxygen atoms in total. The highest BCUT2D eigenvalue weighted by Crippen LogP contribution is 2.34. The SMILES string of the molecule is Cc1nn(-c2ccccc2)c(C)c1S(=O)(=O)Nc1ccc(Nc2cc3c(-c4ccc5c(cnn5CC(C)(C)O)c4C)nccc3cn2)cc1. The molecule has 0 unspecified atom stereocenters. The third-order valence-electron chi connectivity index (χ3n) is 8.44. The summed E-state index contributed by atoms with van der Waals surface area (Å²) in [6.07, 6.45) is 5.42. The molecule has 0 aliphatic heterocycles. The molecule has 49 heavy (non-hydrogen) atoms. The van der Waals surface area contributed by atoms with Crippen molar-refractivity contribution in [2.45, 2.75) is 51.7 Å². The molecule has 0 saturated heterocycles. The van der Waals surface area contributed by atoms with E-state index in [2.05, 4.69) is 32.1 Å². The molecule has 0 atom stereocenters. The molecule has 0 amide bonds. The lowest BCUT2D eigenvalue weighted by Gasteiger charge is -2.18. The molecule has 0 aliphatic rings. The number of fused-ring (bicyclic) bond motifs is 2. The number of hydrogen-bond acceptors (Lipinski definition) is 8. The van der Waals surface area contributed by atoms with Crippen LogP contribution in [0.3, 0.4) is 0 Å². The zero-order valence-electron chi connectivity index (χ0n) is 27.8. The normalized spacial score (nSPS) is 12.1. The summed E-state index contributed by atoms with van der Waals surface area (Å²) < 4.78 is 33.1. The van der Waals surface area contributed by atoms with E-state index in [1.807, 2.05) is 65.5 Å². The zero-order valence-corrected chi connectivity index (χ0v) is 28.6. The number of hydrogen-bond donors (Lipinski definition) is 3. The fourth-order valence-electron chi connectivity index (χ4n) is 6.20. The number of aliphatic hydroxyl groups is 1. The predicted octanol–water partition coefficient (Wildman–Crippen LogP) is 7.07. The van der Waals surface area contributed by atoms with Gasteiger partial charge in [-0.1, -0.05) is 24.3 Å². The summed E-state index contributed by atoms with van der Waals surface area (Å²) in [6.45, 7) is 9.42. The lowest BCUT2D eigenvalue weighted by molar-refractivity contribution is 0.0591. The van der Waals surface area contributed by atoms with Crippen LogP contribution in [-0.2, 0) is 16.6 Å². The first kappa shape index (κ1) is 32.0. The van der Waals surface area contributed by atoms with Gasteiger partial charge in [0.25, 0.3) is 10.0 Å². The third-order valence-corrected chi connectivity index (χ3v) is 10.1. The van der Waals surface area contributed by atoms with E-state index in [4.69, 9.17) is 4.98 Å². The van der Waals surface area contributed by atoms with Crippen LogP contribution in [0.5, 0.6) is 0 Å². The molecule has 7 aromatic rings. The standard InChI is InChI=1S/C37H36N8O3S/c1-23-30(15-16-33-32(23)21-40-44(33)22-37(4,5)46)35-31-19-34(39-20-26(31)17-18-38-35)41-27-11-13-28(14-12-27)43-49(47,48)36-24(2)42-45(25(36)3)29-9-7-6-8-10-29/h6-21,43,46H,22H2,1-5H3,(H,39,41). The number of rotatable bonds is 9. The average Bonchev–Trinajstić information content (AvgIpc) is 3.61. The Morgan fingerprint density at radius 1 is 0.857 bits per heavy atom. The van der Waals surface area contributed by atoms with E-state index in [1.54, 1.807) is 69.0 Å². The Bertz CT molecular complexity index is 2450. The summed E-state index contributed by atoms with van der Waals surface area (Å²) in [5, 5.41) is 25.6.